The van der Waals surface area contributed by atoms with Crippen LogP contribution in [0.1, 0.15) is 31.2 Å². The van der Waals surface area contributed by atoms with Gasteiger partial charge in [0.05, 0.1) is 17.3 Å². The standard InChI is InChI=1S/C23H29ClN4O2/c24-19-6-1-2-7-20(19)28-14-5-13-27(15-16-28)12-3-4-17-30-22-11-9-18-8-10-21(29)25-23(18)26-22/h1-2,6-7,9,11H,3-5,8,10,12-17H2,(H,25,26,29). The number of amides is 1. The van der Waals surface area contributed by atoms with Crippen LogP contribution in [0.25, 0.3) is 0 Å². The summed E-state index contributed by atoms with van der Waals surface area (Å²) in [5.41, 5.74) is 2.22. The maximum atomic E-state index is 11.5. The molecule has 1 fully saturated rings. The lowest BCUT2D eigenvalue weighted by molar-refractivity contribution is -0.116. The lowest BCUT2D eigenvalue weighted by Gasteiger charge is -2.24. The predicted octanol–water partition coefficient (Wildman–Crippen LogP) is 3.99. The Balaban J connectivity index is 1.17. The molecule has 7 heteroatoms. The van der Waals surface area contributed by atoms with E-state index in [4.69, 9.17) is 16.3 Å². The fourth-order valence-corrected chi connectivity index (χ4v) is 4.32. The van der Waals surface area contributed by atoms with Crippen LogP contribution in [0.3, 0.4) is 0 Å². The molecule has 1 amide bonds. The summed E-state index contributed by atoms with van der Waals surface area (Å²) in [6.45, 7) is 5.94. The lowest BCUT2D eigenvalue weighted by atomic mass is 10.1. The molecule has 0 bridgehead atoms. The lowest BCUT2D eigenvalue weighted by Crippen LogP contribution is -2.31. The van der Waals surface area contributed by atoms with Gasteiger partial charge < -0.3 is 19.9 Å². The van der Waals surface area contributed by atoms with Gasteiger partial charge in [0.25, 0.3) is 0 Å². The second kappa shape index (κ2) is 10.1. The normalized spacial score (nSPS) is 17.2. The zero-order valence-electron chi connectivity index (χ0n) is 17.3. The molecule has 1 aromatic heterocycles. The highest BCUT2D eigenvalue weighted by Gasteiger charge is 2.17. The quantitative estimate of drug-likeness (QED) is 0.675. The molecule has 30 heavy (non-hydrogen) atoms. The average molecular weight is 429 g/mol. The van der Waals surface area contributed by atoms with E-state index in [-0.39, 0.29) is 5.91 Å². The molecular weight excluding hydrogens is 400 g/mol. The Morgan fingerprint density at radius 2 is 1.93 bits per heavy atom. The molecule has 0 saturated carbocycles. The van der Waals surface area contributed by atoms with Crippen LogP contribution >= 0.6 is 11.6 Å². The second-order valence-corrected chi connectivity index (χ2v) is 8.30. The molecule has 1 saturated heterocycles. The number of nitrogens with one attached hydrogen (secondary N) is 1. The number of hydrogen-bond donors (Lipinski definition) is 1. The SMILES string of the molecule is O=C1CCc2ccc(OCCCCN3CCCN(c4ccccc4Cl)CC3)nc2N1. The Hall–Kier alpha value is -2.31. The van der Waals surface area contributed by atoms with Gasteiger partial charge in [0.2, 0.25) is 11.8 Å². The van der Waals surface area contributed by atoms with E-state index in [1.807, 2.05) is 24.3 Å². The Kier molecular flexibility index (Phi) is 7.07. The number of aryl methyl sites for hydroxylation is 1. The second-order valence-electron chi connectivity index (χ2n) is 7.89. The van der Waals surface area contributed by atoms with E-state index < -0.39 is 0 Å². The highest BCUT2D eigenvalue weighted by Crippen LogP contribution is 2.26. The molecule has 1 aromatic carbocycles. The number of para-hydroxylation sites is 1. The topological polar surface area (TPSA) is 57.7 Å². The van der Waals surface area contributed by atoms with E-state index in [9.17, 15) is 4.79 Å². The summed E-state index contributed by atoms with van der Waals surface area (Å²) in [6.07, 6.45) is 4.50. The summed E-state index contributed by atoms with van der Waals surface area (Å²) >= 11 is 6.37. The third-order valence-corrected chi connectivity index (χ3v) is 6.05. The molecule has 0 spiro atoms. The minimum Gasteiger partial charge on any atom is -0.478 e. The Bertz CT molecular complexity index is 876. The number of anilines is 2. The van der Waals surface area contributed by atoms with Crippen molar-refractivity contribution < 1.29 is 9.53 Å². The summed E-state index contributed by atoms with van der Waals surface area (Å²) in [7, 11) is 0. The molecule has 160 valence electrons. The number of benzene rings is 1. The third kappa shape index (κ3) is 5.43. The molecule has 0 radical (unpaired) electrons. The number of rotatable bonds is 7. The van der Waals surface area contributed by atoms with Gasteiger partial charge in [0.1, 0.15) is 5.82 Å². The van der Waals surface area contributed by atoms with Crippen LogP contribution in [-0.2, 0) is 11.2 Å². The van der Waals surface area contributed by atoms with Crippen molar-refractivity contribution in [3.63, 3.8) is 0 Å². The number of ether oxygens (including phenoxy) is 1. The van der Waals surface area contributed by atoms with Crippen molar-refractivity contribution >= 4 is 29.0 Å². The van der Waals surface area contributed by atoms with Crippen LogP contribution in [0.15, 0.2) is 36.4 Å². The molecule has 4 rings (SSSR count). The highest BCUT2D eigenvalue weighted by atomic mass is 35.5. The van der Waals surface area contributed by atoms with Crippen LogP contribution in [0.2, 0.25) is 5.02 Å². The fraction of sp³-hybridized carbons (Fsp3) is 0.478. The fourth-order valence-electron chi connectivity index (χ4n) is 4.06. The average Bonchev–Trinajstić information content (AvgIpc) is 2.99. The molecule has 2 aliphatic heterocycles. The number of carbonyl (C=O) groups is 1. The van der Waals surface area contributed by atoms with Crippen LogP contribution in [0.5, 0.6) is 5.88 Å². The number of hydrogen-bond acceptors (Lipinski definition) is 5. The van der Waals surface area contributed by atoms with Crippen molar-refractivity contribution in [2.45, 2.75) is 32.1 Å². The van der Waals surface area contributed by atoms with Crippen molar-refractivity contribution in [2.75, 3.05) is 49.5 Å². The van der Waals surface area contributed by atoms with Crippen molar-refractivity contribution in [1.82, 2.24) is 9.88 Å². The van der Waals surface area contributed by atoms with Gasteiger partial charge in [-0.1, -0.05) is 23.7 Å². The van der Waals surface area contributed by atoms with Crippen molar-refractivity contribution in [2.24, 2.45) is 0 Å². The molecule has 0 aliphatic carbocycles. The van der Waals surface area contributed by atoms with E-state index in [2.05, 4.69) is 32.2 Å². The summed E-state index contributed by atoms with van der Waals surface area (Å²) in [4.78, 5) is 20.9. The molecule has 6 nitrogen and oxygen atoms in total. The number of unbranched alkanes of at least 4 members (excludes halogenated alkanes) is 1. The van der Waals surface area contributed by atoms with Crippen molar-refractivity contribution in [3.8, 4) is 5.88 Å². The van der Waals surface area contributed by atoms with Gasteiger partial charge in [-0.25, -0.2) is 0 Å². The summed E-state index contributed by atoms with van der Waals surface area (Å²) in [5, 5.41) is 3.65. The van der Waals surface area contributed by atoms with Gasteiger partial charge in [-0.15, -0.1) is 0 Å². The van der Waals surface area contributed by atoms with Crippen LogP contribution in [-0.4, -0.2) is 55.1 Å². The first-order valence-electron chi connectivity index (χ1n) is 10.8. The predicted molar refractivity (Wildman–Crippen MR) is 121 cm³/mol. The number of aromatic nitrogens is 1. The van der Waals surface area contributed by atoms with Gasteiger partial charge in [-0.05, 0) is 62.5 Å². The minimum absolute atomic E-state index is 0.0256. The molecule has 3 heterocycles. The molecule has 2 aliphatic rings. The summed E-state index contributed by atoms with van der Waals surface area (Å²) in [5.74, 6) is 1.26. The van der Waals surface area contributed by atoms with Crippen LogP contribution in [0, 0.1) is 0 Å². The maximum absolute atomic E-state index is 11.5. The van der Waals surface area contributed by atoms with Crippen LogP contribution in [0.4, 0.5) is 11.5 Å². The first-order chi connectivity index (χ1) is 14.7. The van der Waals surface area contributed by atoms with Crippen molar-refractivity contribution in [1.29, 1.82) is 0 Å². The molecule has 0 unspecified atom stereocenters. The summed E-state index contributed by atoms with van der Waals surface area (Å²) in [6, 6.07) is 12.0. The monoisotopic (exact) mass is 428 g/mol. The number of fused-ring (bicyclic) bond motifs is 1. The number of halogens is 1. The van der Waals surface area contributed by atoms with E-state index in [0.717, 1.165) is 74.7 Å². The number of carbonyl (C=O) groups excluding carboxylic acids is 1. The first kappa shape index (κ1) is 20.9. The van der Waals surface area contributed by atoms with Gasteiger partial charge in [-0.2, -0.15) is 4.98 Å². The van der Waals surface area contributed by atoms with E-state index in [1.54, 1.807) is 0 Å². The third-order valence-electron chi connectivity index (χ3n) is 5.73. The smallest absolute Gasteiger partial charge is 0.225 e. The van der Waals surface area contributed by atoms with Crippen molar-refractivity contribution in [3.05, 3.63) is 47.0 Å². The van der Waals surface area contributed by atoms with Gasteiger partial charge in [-0.3, -0.25) is 4.79 Å². The highest BCUT2D eigenvalue weighted by molar-refractivity contribution is 6.33. The minimum atomic E-state index is 0.0256. The molecule has 0 atom stereocenters. The molecular formula is C23H29ClN4O2. The van der Waals surface area contributed by atoms with Gasteiger partial charge >= 0.3 is 0 Å². The number of nitrogens with zero attached hydrogens (tertiary/aromatic N) is 3. The Labute approximate surface area is 183 Å². The molecule has 2 aromatic rings. The van der Waals surface area contributed by atoms with Gasteiger partial charge in [0.15, 0.2) is 0 Å². The zero-order chi connectivity index (χ0) is 20.8. The van der Waals surface area contributed by atoms with E-state index in [1.165, 1.54) is 0 Å². The first-order valence-corrected chi connectivity index (χ1v) is 11.2. The van der Waals surface area contributed by atoms with E-state index in [0.29, 0.717) is 24.7 Å². The Morgan fingerprint density at radius 3 is 2.83 bits per heavy atom. The number of pyridine rings is 1. The zero-order valence-corrected chi connectivity index (χ0v) is 18.0. The molecule has 1 N–H and O–H groups in total. The largest absolute Gasteiger partial charge is 0.478 e. The Morgan fingerprint density at radius 1 is 1.03 bits per heavy atom. The van der Waals surface area contributed by atoms with Crippen LogP contribution < -0.4 is 15.0 Å². The summed E-state index contributed by atoms with van der Waals surface area (Å²) < 4.78 is 5.81. The van der Waals surface area contributed by atoms with E-state index >= 15 is 0 Å². The maximum Gasteiger partial charge on any atom is 0.225 e. The van der Waals surface area contributed by atoms with Gasteiger partial charge in [0, 0.05) is 32.1 Å².